The van der Waals surface area contributed by atoms with Crippen LogP contribution in [0.3, 0.4) is 0 Å². The summed E-state index contributed by atoms with van der Waals surface area (Å²) in [5.41, 5.74) is 0.513. The smallest absolute Gasteiger partial charge is 0.0917 e. The summed E-state index contributed by atoms with van der Waals surface area (Å²) in [6, 6.07) is 14.9. The van der Waals surface area contributed by atoms with Gasteiger partial charge in [0.25, 0.3) is 0 Å². The van der Waals surface area contributed by atoms with Crippen LogP contribution in [0.5, 0.6) is 0 Å². The third kappa shape index (κ3) is 2.15. The van der Waals surface area contributed by atoms with Crippen molar-refractivity contribution in [2.24, 2.45) is 0 Å². The highest BCUT2D eigenvalue weighted by atomic mass is 32.2. The molecule has 2 aromatic carbocycles. The van der Waals surface area contributed by atoms with E-state index in [4.69, 9.17) is 0 Å². The molecule has 2 heterocycles. The van der Waals surface area contributed by atoms with Gasteiger partial charge in [0.15, 0.2) is 0 Å². The van der Waals surface area contributed by atoms with Crippen molar-refractivity contribution < 1.29 is 5.11 Å². The molecule has 0 saturated carbocycles. The van der Waals surface area contributed by atoms with E-state index in [-0.39, 0.29) is 0 Å². The van der Waals surface area contributed by atoms with E-state index in [0.29, 0.717) is 10.5 Å². The highest BCUT2D eigenvalue weighted by molar-refractivity contribution is 8.00. The van der Waals surface area contributed by atoms with Gasteiger partial charge in [0.2, 0.25) is 0 Å². The molecule has 2 aromatic rings. The maximum Gasteiger partial charge on any atom is 0.0917 e. The largest absolute Gasteiger partial charge is 0.385 e. The molecule has 0 radical (unpaired) electrons. The molecule has 2 unspecified atom stereocenters. The summed E-state index contributed by atoms with van der Waals surface area (Å²) in [4.78, 5) is 0. The number of hydrogen-bond acceptors (Lipinski definition) is 2. The van der Waals surface area contributed by atoms with E-state index in [9.17, 15) is 5.11 Å². The minimum atomic E-state index is -0.606. The van der Waals surface area contributed by atoms with Crippen LogP contribution in [0.4, 0.5) is 0 Å². The molecule has 0 spiro atoms. The van der Waals surface area contributed by atoms with Gasteiger partial charge >= 0.3 is 0 Å². The topological polar surface area (TPSA) is 20.2 Å². The zero-order chi connectivity index (χ0) is 13.6. The van der Waals surface area contributed by atoms with Gasteiger partial charge in [0.1, 0.15) is 0 Å². The van der Waals surface area contributed by atoms with Gasteiger partial charge in [-0.3, -0.25) is 0 Å². The summed E-state index contributed by atoms with van der Waals surface area (Å²) < 4.78 is 0. The van der Waals surface area contributed by atoms with Crippen molar-refractivity contribution in [3.8, 4) is 0 Å². The summed E-state index contributed by atoms with van der Waals surface area (Å²) >= 11 is 2.11. The fourth-order valence-electron chi connectivity index (χ4n) is 3.83. The van der Waals surface area contributed by atoms with Gasteiger partial charge in [-0.05, 0) is 48.1 Å². The van der Waals surface area contributed by atoms with E-state index >= 15 is 0 Å². The van der Waals surface area contributed by atoms with Gasteiger partial charge in [-0.1, -0.05) is 42.8 Å². The van der Waals surface area contributed by atoms with Crippen LogP contribution in [0, 0.1) is 0 Å². The molecule has 2 aliphatic heterocycles. The summed E-state index contributed by atoms with van der Waals surface area (Å²) in [5, 5.41) is 15.0. The first-order chi connectivity index (χ1) is 9.73. The van der Waals surface area contributed by atoms with Crippen LogP contribution < -0.4 is 0 Å². The van der Waals surface area contributed by atoms with Crippen molar-refractivity contribution in [3.05, 3.63) is 48.0 Å². The van der Waals surface area contributed by atoms with Crippen LogP contribution in [0.25, 0.3) is 10.8 Å². The monoisotopic (exact) mass is 284 g/mol. The normalized spacial score (nSPS) is 33.2. The Labute approximate surface area is 124 Å². The van der Waals surface area contributed by atoms with E-state index < -0.39 is 5.60 Å². The maximum atomic E-state index is 11.2. The molecular formula is C18H20OS. The van der Waals surface area contributed by atoms with Gasteiger partial charge in [-0.2, -0.15) is 11.8 Å². The van der Waals surface area contributed by atoms with Crippen molar-refractivity contribution in [2.45, 2.75) is 48.2 Å². The molecule has 104 valence electrons. The molecule has 2 saturated heterocycles. The molecule has 2 bridgehead atoms. The average molecular weight is 284 g/mol. The number of fused-ring (bicyclic) bond motifs is 3. The molecule has 2 aliphatic rings. The van der Waals surface area contributed by atoms with E-state index in [1.165, 1.54) is 30.0 Å². The Morgan fingerprint density at radius 2 is 1.65 bits per heavy atom. The zero-order valence-corrected chi connectivity index (χ0v) is 12.4. The highest BCUT2D eigenvalue weighted by Crippen LogP contribution is 2.49. The molecule has 4 rings (SSSR count). The predicted octanol–water partition coefficient (Wildman–Crippen LogP) is 4.48. The second-order valence-electron chi connectivity index (χ2n) is 6.31. The SMILES string of the molecule is OC1(c2ccc3ccccc3c2)CC2CCCC(C1)S2. The lowest BCUT2D eigenvalue weighted by Gasteiger charge is -2.44. The summed E-state index contributed by atoms with van der Waals surface area (Å²) in [5.74, 6) is 0. The molecule has 0 aromatic heterocycles. The van der Waals surface area contributed by atoms with Gasteiger partial charge in [-0.15, -0.1) is 0 Å². The first-order valence-corrected chi connectivity index (χ1v) is 8.54. The standard InChI is InChI=1S/C18H20OS/c19-18(11-16-6-3-7-17(12-18)20-16)15-9-8-13-4-1-2-5-14(13)10-15/h1-2,4-5,8-10,16-17,19H,3,6-7,11-12H2. The van der Waals surface area contributed by atoms with Gasteiger partial charge in [-0.25, -0.2) is 0 Å². The van der Waals surface area contributed by atoms with E-state index in [1.54, 1.807) is 0 Å². The van der Waals surface area contributed by atoms with Crippen molar-refractivity contribution in [1.29, 1.82) is 0 Å². The fourth-order valence-corrected chi connectivity index (χ4v) is 5.73. The lowest BCUT2D eigenvalue weighted by molar-refractivity contribution is 0.00825. The molecule has 20 heavy (non-hydrogen) atoms. The highest BCUT2D eigenvalue weighted by Gasteiger charge is 2.42. The number of rotatable bonds is 1. The molecular weight excluding hydrogens is 264 g/mol. The van der Waals surface area contributed by atoms with Crippen LogP contribution in [-0.4, -0.2) is 15.6 Å². The Morgan fingerprint density at radius 1 is 0.950 bits per heavy atom. The lowest BCUT2D eigenvalue weighted by atomic mass is 9.80. The van der Waals surface area contributed by atoms with Crippen LogP contribution in [-0.2, 0) is 5.60 Å². The summed E-state index contributed by atoms with van der Waals surface area (Å²) in [6.45, 7) is 0. The number of aliphatic hydroxyl groups is 1. The molecule has 2 atom stereocenters. The first-order valence-electron chi connectivity index (χ1n) is 7.60. The van der Waals surface area contributed by atoms with Crippen molar-refractivity contribution >= 4 is 22.5 Å². The predicted molar refractivity (Wildman–Crippen MR) is 86.1 cm³/mol. The van der Waals surface area contributed by atoms with E-state index in [1.807, 2.05) is 0 Å². The molecule has 2 fully saturated rings. The molecule has 2 heteroatoms. The Balaban J connectivity index is 1.73. The van der Waals surface area contributed by atoms with E-state index in [2.05, 4.69) is 54.2 Å². The van der Waals surface area contributed by atoms with Gasteiger partial charge < -0.3 is 5.11 Å². The van der Waals surface area contributed by atoms with Crippen molar-refractivity contribution in [2.75, 3.05) is 0 Å². The molecule has 0 amide bonds. The lowest BCUT2D eigenvalue weighted by Crippen LogP contribution is -2.40. The Bertz CT molecular complexity index is 624. The van der Waals surface area contributed by atoms with Crippen LogP contribution in [0.15, 0.2) is 42.5 Å². The van der Waals surface area contributed by atoms with Crippen molar-refractivity contribution in [3.63, 3.8) is 0 Å². The quantitative estimate of drug-likeness (QED) is 0.833. The van der Waals surface area contributed by atoms with Crippen LogP contribution in [0.1, 0.15) is 37.7 Å². The van der Waals surface area contributed by atoms with Crippen LogP contribution in [0.2, 0.25) is 0 Å². The maximum absolute atomic E-state index is 11.2. The van der Waals surface area contributed by atoms with Gasteiger partial charge in [0, 0.05) is 10.5 Å². The number of thioether (sulfide) groups is 1. The van der Waals surface area contributed by atoms with Gasteiger partial charge in [0.05, 0.1) is 5.60 Å². The summed E-state index contributed by atoms with van der Waals surface area (Å²) in [7, 11) is 0. The second-order valence-corrected chi connectivity index (χ2v) is 7.92. The number of benzene rings is 2. The Morgan fingerprint density at radius 3 is 2.40 bits per heavy atom. The third-order valence-electron chi connectivity index (χ3n) is 4.85. The third-order valence-corrected chi connectivity index (χ3v) is 6.43. The van der Waals surface area contributed by atoms with Crippen molar-refractivity contribution in [1.82, 2.24) is 0 Å². The minimum absolute atomic E-state index is 0.606. The molecule has 0 aliphatic carbocycles. The Hall–Kier alpha value is -0.990. The molecule has 1 N–H and O–H groups in total. The van der Waals surface area contributed by atoms with E-state index in [0.717, 1.165) is 18.4 Å². The average Bonchev–Trinajstić information content (AvgIpc) is 2.46. The Kier molecular flexibility index (Phi) is 3.04. The first kappa shape index (κ1) is 12.7. The number of hydrogen-bond donors (Lipinski definition) is 1. The fraction of sp³-hybridized carbons (Fsp3) is 0.444. The second kappa shape index (κ2) is 4.78. The minimum Gasteiger partial charge on any atom is -0.385 e. The molecule has 1 nitrogen and oxygen atoms in total. The van der Waals surface area contributed by atoms with Crippen LogP contribution >= 0.6 is 11.8 Å². The zero-order valence-electron chi connectivity index (χ0n) is 11.6. The summed E-state index contributed by atoms with van der Waals surface area (Å²) in [6.07, 6.45) is 5.74.